The first-order valence-corrected chi connectivity index (χ1v) is 8.94. The quantitative estimate of drug-likeness (QED) is 0.718. The summed E-state index contributed by atoms with van der Waals surface area (Å²) in [6.45, 7) is 4.84. The molecule has 0 amide bonds. The molecule has 0 bridgehead atoms. The van der Waals surface area contributed by atoms with Gasteiger partial charge in [0.05, 0.1) is 6.54 Å². The van der Waals surface area contributed by atoms with E-state index in [1.165, 1.54) is 10.6 Å². The van der Waals surface area contributed by atoms with Crippen molar-refractivity contribution < 1.29 is 4.39 Å². The predicted molar refractivity (Wildman–Crippen MR) is 104 cm³/mol. The second-order valence-corrected chi connectivity index (χ2v) is 7.10. The molecule has 0 aliphatic rings. The molecule has 3 aromatic rings. The van der Waals surface area contributed by atoms with Crippen molar-refractivity contribution in [2.45, 2.75) is 26.8 Å². The Hall–Kier alpha value is -2.90. The van der Waals surface area contributed by atoms with Crippen molar-refractivity contribution in [2.75, 3.05) is 11.9 Å². The zero-order chi connectivity index (χ0) is 19.7. The fraction of sp³-hybridized carbons (Fsp3) is 0.421. The van der Waals surface area contributed by atoms with Crippen molar-refractivity contribution in [3.05, 3.63) is 56.5 Å². The summed E-state index contributed by atoms with van der Waals surface area (Å²) in [6, 6.07) is 6.12. The zero-order valence-corrected chi connectivity index (χ0v) is 16.0. The van der Waals surface area contributed by atoms with Crippen LogP contribution in [0.3, 0.4) is 0 Å². The van der Waals surface area contributed by atoms with Gasteiger partial charge in [0.25, 0.3) is 5.56 Å². The molecule has 0 radical (unpaired) electrons. The number of hydrogen-bond donors (Lipinski definition) is 1. The molecular weight excluding hydrogens is 349 g/mol. The first kappa shape index (κ1) is 18.9. The third kappa shape index (κ3) is 3.51. The molecular formula is C19H24FN5O2. The summed E-state index contributed by atoms with van der Waals surface area (Å²) in [5.41, 5.74) is -0.107. The summed E-state index contributed by atoms with van der Waals surface area (Å²) in [5.74, 6) is 0.614. The van der Waals surface area contributed by atoms with Gasteiger partial charge in [-0.15, -0.1) is 0 Å². The number of aromatic nitrogens is 4. The minimum Gasteiger partial charge on any atom is -0.356 e. The minimum absolute atomic E-state index is 0.130. The Labute approximate surface area is 156 Å². The molecule has 8 heteroatoms. The standard InChI is InChI=1S/C19H24FN5O2/c1-12(2)9-10-21-18-22-16-15(23(18)3)17(26)25(19(27)24(16)4)11-13-7-5-6-8-14(13)20/h5-8,12H,9-11H2,1-4H3,(H,21,22). The number of fused-ring (bicyclic) bond motifs is 1. The third-order valence-corrected chi connectivity index (χ3v) is 4.65. The average molecular weight is 373 g/mol. The number of benzene rings is 1. The van der Waals surface area contributed by atoms with Crippen molar-refractivity contribution in [1.29, 1.82) is 0 Å². The van der Waals surface area contributed by atoms with Gasteiger partial charge < -0.3 is 9.88 Å². The Balaban J connectivity index is 2.09. The Morgan fingerprint density at radius 3 is 2.52 bits per heavy atom. The fourth-order valence-corrected chi connectivity index (χ4v) is 3.01. The van der Waals surface area contributed by atoms with Gasteiger partial charge in [0.1, 0.15) is 5.82 Å². The number of hydrogen-bond acceptors (Lipinski definition) is 4. The summed E-state index contributed by atoms with van der Waals surface area (Å²) >= 11 is 0. The van der Waals surface area contributed by atoms with Crippen LogP contribution in [0.2, 0.25) is 0 Å². The van der Waals surface area contributed by atoms with Crippen LogP contribution in [0.15, 0.2) is 33.9 Å². The molecule has 0 saturated carbocycles. The van der Waals surface area contributed by atoms with E-state index in [4.69, 9.17) is 0 Å². The summed E-state index contributed by atoms with van der Waals surface area (Å²) < 4.78 is 18.0. The fourth-order valence-electron chi connectivity index (χ4n) is 3.01. The van der Waals surface area contributed by atoms with Gasteiger partial charge in [-0.3, -0.25) is 13.9 Å². The van der Waals surface area contributed by atoms with Crippen molar-refractivity contribution in [3.8, 4) is 0 Å². The number of rotatable bonds is 6. The van der Waals surface area contributed by atoms with Crippen LogP contribution in [0.5, 0.6) is 0 Å². The highest BCUT2D eigenvalue weighted by molar-refractivity contribution is 5.74. The van der Waals surface area contributed by atoms with E-state index >= 15 is 0 Å². The molecule has 0 aliphatic carbocycles. The van der Waals surface area contributed by atoms with Gasteiger partial charge in [0.15, 0.2) is 11.2 Å². The molecule has 2 heterocycles. The second kappa shape index (κ2) is 7.38. The molecule has 3 rings (SSSR count). The van der Waals surface area contributed by atoms with E-state index in [0.717, 1.165) is 11.0 Å². The van der Waals surface area contributed by atoms with Crippen LogP contribution in [0, 0.1) is 11.7 Å². The average Bonchev–Trinajstić information content (AvgIpc) is 2.95. The lowest BCUT2D eigenvalue weighted by molar-refractivity contribution is 0.582. The molecule has 0 spiro atoms. The molecule has 0 atom stereocenters. The smallest absolute Gasteiger partial charge is 0.332 e. The summed E-state index contributed by atoms with van der Waals surface area (Å²) in [5, 5.41) is 3.21. The van der Waals surface area contributed by atoms with Crippen LogP contribution < -0.4 is 16.6 Å². The van der Waals surface area contributed by atoms with Crippen molar-refractivity contribution in [2.24, 2.45) is 20.0 Å². The van der Waals surface area contributed by atoms with Crippen LogP contribution in [0.4, 0.5) is 10.3 Å². The highest BCUT2D eigenvalue weighted by Crippen LogP contribution is 2.14. The molecule has 7 nitrogen and oxygen atoms in total. The third-order valence-electron chi connectivity index (χ3n) is 4.65. The molecule has 0 aliphatic heterocycles. The topological polar surface area (TPSA) is 73.8 Å². The SMILES string of the molecule is CC(C)CCNc1nc2c(c(=O)n(Cc3ccccc3F)c(=O)n2C)n1C. The van der Waals surface area contributed by atoms with Crippen molar-refractivity contribution in [3.63, 3.8) is 0 Å². The number of nitrogens with one attached hydrogen (secondary N) is 1. The lowest BCUT2D eigenvalue weighted by Gasteiger charge is -2.09. The van der Waals surface area contributed by atoms with E-state index in [1.54, 1.807) is 36.9 Å². The Bertz CT molecular complexity index is 1090. The van der Waals surface area contributed by atoms with Gasteiger partial charge in [-0.1, -0.05) is 32.0 Å². The van der Waals surface area contributed by atoms with Crippen LogP contribution >= 0.6 is 0 Å². The van der Waals surface area contributed by atoms with Crippen molar-refractivity contribution in [1.82, 2.24) is 18.7 Å². The van der Waals surface area contributed by atoms with E-state index in [-0.39, 0.29) is 12.1 Å². The van der Waals surface area contributed by atoms with Crippen LogP contribution in [0.25, 0.3) is 11.2 Å². The minimum atomic E-state index is -0.525. The van der Waals surface area contributed by atoms with Gasteiger partial charge in [0.2, 0.25) is 5.95 Å². The van der Waals surface area contributed by atoms with E-state index in [0.29, 0.717) is 29.6 Å². The van der Waals surface area contributed by atoms with Gasteiger partial charge in [-0.25, -0.2) is 9.18 Å². The number of aryl methyl sites for hydroxylation is 2. The highest BCUT2D eigenvalue weighted by Gasteiger charge is 2.19. The first-order valence-electron chi connectivity index (χ1n) is 8.94. The first-order chi connectivity index (χ1) is 12.8. The van der Waals surface area contributed by atoms with Gasteiger partial charge in [-0.2, -0.15) is 4.98 Å². The van der Waals surface area contributed by atoms with E-state index in [1.807, 2.05) is 0 Å². The lowest BCUT2D eigenvalue weighted by atomic mass is 10.1. The molecule has 2 aromatic heterocycles. The number of anilines is 1. The van der Waals surface area contributed by atoms with E-state index < -0.39 is 17.1 Å². The van der Waals surface area contributed by atoms with Crippen LogP contribution in [0.1, 0.15) is 25.8 Å². The van der Waals surface area contributed by atoms with E-state index in [2.05, 4.69) is 24.1 Å². The molecule has 1 N–H and O–H groups in total. The molecule has 0 saturated heterocycles. The Morgan fingerprint density at radius 2 is 1.85 bits per heavy atom. The van der Waals surface area contributed by atoms with Gasteiger partial charge in [-0.05, 0) is 18.4 Å². The summed E-state index contributed by atoms with van der Waals surface area (Å²) in [7, 11) is 3.29. The second-order valence-electron chi connectivity index (χ2n) is 7.10. The summed E-state index contributed by atoms with van der Waals surface area (Å²) in [6.07, 6.45) is 0.958. The van der Waals surface area contributed by atoms with Crippen molar-refractivity contribution >= 4 is 17.1 Å². The lowest BCUT2D eigenvalue weighted by Crippen LogP contribution is -2.40. The Kier molecular flexibility index (Phi) is 5.16. The maximum Gasteiger partial charge on any atom is 0.332 e. The molecule has 1 aromatic carbocycles. The largest absolute Gasteiger partial charge is 0.356 e. The number of imidazole rings is 1. The molecule has 144 valence electrons. The van der Waals surface area contributed by atoms with Crippen LogP contribution in [-0.2, 0) is 20.6 Å². The maximum absolute atomic E-state index is 14.0. The number of halogens is 1. The highest BCUT2D eigenvalue weighted by atomic mass is 19.1. The maximum atomic E-state index is 14.0. The Morgan fingerprint density at radius 1 is 1.15 bits per heavy atom. The number of nitrogens with zero attached hydrogens (tertiary/aromatic N) is 4. The van der Waals surface area contributed by atoms with E-state index in [9.17, 15) is 14.0 Å². The zero-order valence-electron chi connectivity index (χ0n) is 16.0. The van der Waals surface area contributed by atoms with Gasteiger partial charge in [0, 0.05) is 26.2 Å². The normalized spacial score (nSPS) is 11.5. The monoisotopic (exact) mass is 373 g/mol. The van der Waals surface area contributed by atoms with Crippen LogP contribution in [-0.4, -0.2) is 25.2 Å². The van der Waals surface area contributed by atoms with Gasteiger partial charge >= 0.3 is 5.69 Å². The molecule has 27 heavy (non-hydrogen) atoms. The predicted octanol–water partition coefficient (Wildman–Crippen LogP) is 2.08. The molecule has 0 unspecified atom stereocenters. The molecule has 0 fully saturated rings. The summed E-state index contributed by atoms with van der Waals surface area (Å²) in [4.78, 5) is 30.1.